The van der Waals surface area contributed by atoms with Crippen LogP contribution in [-0.2, 0) is 8.85 Å². The highest BCUT2D eigenvalue weighted by Gasteiger charge is 2.22. The Morgan fingerprint density at radius 1 is 0.667 bits per heavy atom. The quantitative estimate of drug-likeness (QED) is 0.733. The van der Waals surface area contributed by atoms with Crippen molar-refractivity contribution in [2.45, 2.75) is 39.3 Å². The van der Waals surface area contributed by atoms with Crippen molar-refractivity contribution in [3.8, 4) is 0 Å². The van der Waals surface area contributed by atoms with Crippen molar-refractivity contribution in [1.29, 1.82) is 0 Å². The van der Waals surface area contributed by atoms with Gasteiger partial charge in [-0.2, -0.15) is 0 Å². The minimum atomic E-state index is -1.92. The third-order valence-electron chi connectivity index (χ3n) is 3.11. The highest BCUT2D eigenvalue weighted by atomic mass is 28.4. The number of fused-ring (bicyclic) bond motifs is 1. The number of carbonyl (C=O) groups excluding carboxylic acids is 2. The van der Waals surface area contributed by atoms with Gasteiger partial charge >= 0.3 is 11.9 Å². The first-order chi connectivity index (χ1) is 10.9. The summed E-state index contributed by atoms with van der Waals surface area (Å²) in [4.78, 5) is 24.4. The minimum absolute atomic E-state index is 0.293. The maximum atomic E-state index is 12.2. The molecule has 0 atom stereocenters. The highest BCUT2D eigenvalue weighted by Crippen LogP contribution is 2.21. The van der Waals surface area contributed by atoms with Gasteiger partial charge < -0.3 is 8.85 Å². The Balaban J connectivity index is 2.28. The van der Waals surface area contributed by atoms with Gasteiger partial charge in [0.05, 0.1) is 11.1 Å². The fourth-order valence-electron chi connectivity index (χ4n) is 2.17. The Labute approximate surface area is 145 Å². The van der Waals surface area contributed by atoms with Crippen molar-refractivity contribution in [2.75, 3.05) is 0 Å². The van der Waals surface area contributed by atoms with Gasteiger partial charge in [-0.05, 0) is 74.3 Å². The van der Waals surface area contributed by atoms with E-state index in [4.69, 9.17) is 8.85 Å². The molecule has 4 nitrogen and oxygen atoms in total. The molecule has 0 aliphatic rings. The number of benzene rings is 2. The molecule has 0 fully saturated rings. The molecule has 0 bridgehead atoms. The third kappa shape index (κ3) is 5.04. The highest BCUT2D eigenvalue weighted by molar-refractivity contribution is 6.71. The first-order valence-electron chi connectivity index (χ1n) is 7.95. The van der Waals surface area contributed by atoms with E-state index in [1.54, 1.807) is 24.3 Å². The van der Waals surface area contributed by atoms with E-state index in [0.29, 0.717) is 11.1 Å². The monoisotopic (exact) mass is 360 g/mol. The number of hydrogen-bond donors (Lipinski definition) is 0. The maximum Gasteiger partial charge on any atom is 0.324 e. The Morgan fingerprint density at radius 2 is 1.00 bits per heavy atom. The molecule has 0 spiro atoms. The summed E-state index contributed by atoms with van der Waals surface area (Å²) in [5, 5.41) is 1.79. The molecule has 0 N–H and O–H groups in total. The van der Waals surface area contributed by atoms with E-state index in [1.807, 2.05) is 51.4 Å². The van der Waals surface area contributed by atoms with E-state index in [9.17, 15) is 9.59 Å². The van der Waals surface area contributed by atoms with Crippen molar-refractivity contribution in [3.05, 3.63) is 47.5 Å². The zero-order chi connectivity index (χ0) is 18.1. The zero-order valence-electron chi connectivity index (χ0n) is 15.1. The van der Waals surface area contributed by atoms with Crippen LogP contribution in [0.4, 0.5) is 0 Å². The summed E-state index contributed by atoms with van der Waals surface area (Å²) in [5.74, 6) is -0.587. The van der Waals surface area contributed by atoms with Gasteiger partial charge in [-0.15, -0.1) is 0 Å². The van der Waals surface area contributed by atoms with Crippen molar-refractivity contribution in [3.63, 3.8) is 0 Å². The van der Waals surface area contributed by atoms with E-state index in [-0.39, 0.29) is 11.9 Å². The summed E-state index contributed by atoms with van der Waals surface area (Å²) in [6, 6.07) is 10.7. The largest absolute Gasteiger partial charge is 0.516 e. The van der Waals surface area contributed by atoms with Gasteiger partial charge in [0.15, 0.2) is 0 Å². The average Bonchev–Trinajstić information content (AvgIpc) is 2.42. The fraction of sp³-hybridized carbons (Fsp3) is 0.333. The van der Waals surface area contributed by atoms with Gasteiger partial charge in [0.1, 0.15) is 0 Å². The van der Waals surface area contributed by atoms with Crippen LogP contribution in [0.15, 0.2) is 36.4 Å². The molecule has 24 heavy (non-hydrogen) atoms. The predicted octanol–water partition coefficient (Wildman–Crippen LogP) is 4.82. The van der Waals surface area contributed by atoms with Crippen LogP contribution in [0, 0.1) is 0 Å². The molecule has 0 amide bonds. The van der Waals surface area contributed by atoms with Gasteiger partial charge in [-0.3, -0.25) is 0 Å². The summed E-state index contributed by atoms with van der Waals surface area (Å²) in [6.07, 6.45) is 0. The van der Waals surface area contributed by atoms with Gasteiger partial charge in [-0.1, -0.05) is 12.1 Å². The predicted molar refractivity (Wildman–Crippen MR) is 101 cm³/mol. The van der Waals surface area contributed by atoms with E-state index in [2.05, 4.69) is 0 Å². The van der Waals surface area contributed by atoms with E-state index >= 15 is 0 Å². The number of rotatable bonds is 4. The summed E-state index contributed by atoms with van der Waals surface area (Å²) in [7, 11) is -3.85. The Bertz CT molecular complexity index is 718. The smallest absolute Gasteiger partial charge is 0.324 e. The van der Waals surface area contributed by atoms with Crippen LogP contribution in [0.3, 0.4) is 0 Å². The maximum absolute atomic E-state index is 12.2. The molecule has 0 saturated carbocycles. The first kappa shape index (κ1) is 18.4. The van der Waals surface area contributed by atoms with Crippen molar-refractivity contribution >= 4 is 39.3 Å². The molecule has 0 aliphatic carbocycles. The van der Waals surface area contributed by atoms with E-state index < -0.39 is 16.6 Å². The zero-order valence-corrected chi connectivity index (χ0v) is 17.1. The van der Waals surface area contributed by atoms with Crippen LogP contribution in [0.1, 0.15) is 20.7 Å². The molecule has 0 radical (unpaired) electrons. The standard InChI is InChI=1S/C18H24O4Si2/c1-23(2,3)21-17(19)15-9-7-14-12-16(10-8-13(14)11-15)18(20)22-24(4,5)6/h7-12H,1-6H3. The lowest BCUT2D eigenvalue weighted by molar-refractivity contribution is 0.0713. The molecule has 0 aromatic heterocycles. The molecular weight excluding hydrogens is 336 g/mol. The molecule has 0 unspecified atom stereocenters. The Morgan fingerprint density at radius 3 is 1.29 bits per heavy atom. The minimum Gasteiger partial charge on any atom is -0.516 e. The fourth-order valence-corrected chi connectivity index (χ4v) is 3.52. The SMILES string of the molecule is C[Si](C)(C)OC(=O)c1ccc2cc(C(=O)O[Si](C)(C)C)ccc2c1. The molecule has 0 aliphatic heterocycles. The van der Waals surface area contributed by atoms with Crippen molar-refractivity contribution in [2.24, 2.45) is 0 Å². The Kier molecular flexibility index (Phi) is 5.01. The second-order valence-corrected chi connectivity index (χ2v) is 16.6. The van der Waals surface area contributed by atoms with Crippen LogP contribution >= 0.6 is 0 Å². The lowest BCUT2D eigenvalue weighted by atomic mass is 10.0. The van der Waals surface area contributed by atoms with E-state index in [0.717, 1.165) is 10.8 Å². The van der Waals surface area contributed by atoms with Gasteiger partial charge in [0.25, 0.3) is 0 Å². The van der Waals surface area contributed by atoms with Crippen LogP contribution < -0.4 is 0 Å². The molecule has 0 heterocycles. The molecule has 6 heteroatoms. The van der Waals surface area contributed by atoms with Crippen LogP contribution in [0.5, 0.6) is 0 Å². The molecule has 0 saturated heterocycles. The average molecular weight is 361 g/mol. The molecular formula is C18H24O4Si2. The Hall–Kier alpha value is -1.93. The third-order valence-corrected chi connectivity index (χ3v) is 4.70. The van der Waals surface area contributed by atoms with Crippen molar-refractivity contribution in [1.82, 2.24) is 0 Å². The summed E-state index contributed by atoms with van der Waals surface area (Å²) in [5.41, 5.74) is 1.06. The van der Waals surface area contributed by atoms with Crippen LogP contribution in [-0.4, -0.2) is 28.6 Å². The molecule has 128 valence electrons. The first-order valence-corrected chi connectivity index (χ1v) is 14.8. The topological polar surface area (TPSA) is 52.6 Å². The summed E-state index contributed by atoms with van der Waals surface area (Å²) >= 11 is 0. The molecule has 2 rings (SSSR count). The molecule has 2 aromatic rings. The molecule has 2 aromatic carbocycles. The van der Waals surface area contributed by atoms with Gasteiger partial charge in [0.2, 0.25) is 16.6 Å². The lowest BCUT2D eigenvalue weighted by Gasteiger charge is -2.18. The van der Waals surface area contributed by atoms with Gasteiger partial charge in [-0.25, -0.2) is 9.59 Å². The summed E-state index contributed by atoms with van der Waals surface area (Å²) in [6.45, 7) is 11.8. The van der Waals surface area contributed by atoms with Crippen LogP contribution in [0.2, 0.25) is 39.3 Å². The van der Waals surface area contributed by atoms with Crippen molar-refractivity contribution < 1.29 is 18.4 Å². The van der Waals surface area contributed by atoms with Crippen LogP contribution in [0.25, 0.3) is 10.8 Å². The second kappa shape index (κ2) is 6.53. The lowest BCUT2D eigenvalue weighted by Crippen LogP contribution is -2.29. The number of hydrogen-bond acceptors (Lipinski definition) is 4. The second-order valence-electron chi connectivity index (χ2n) is 7.78. The normalized spacial score (nSPS) is 12.1. The summed E-state index contributed by atoms with van der Waals surface area (Å²) < 4.78 is 11.0. The van der Waals surface area contributed by atoms with E-state index in [1.165, 1.54) is 0 Å². The number of carbonyl (C=O) groups is 2. The van der Waals surface area contributed by atoms with Gasteiger partial charge in [0, 0.05) is 0 Å².